The van der Waals surface area contributed by atoms with Crippen LogP contribution in [0.4, 0.5) is 0 Å². The zero-order chi connectivity index (χ0) is 20.4. The lowest BCUT2D eigenvalue weighted by molar-refractivity contribution is 0.345. The first-order valence-corrected chi connectivity index (χ1v) is 12.7. The highest BCUT2D eigenvalue weighted by Crippen LogP contribution is 2.45. The third-order valence-electron chi connectivity index (χ3n) is 5.02. The molecule has 2 aromatic carbocycles. The lowest BCUT2D eigenvalue weighted by atomic mass is 9.65. The molecule has 152 valence electrons. The third-order valence-corrected chi connectivity index (χ3v) is 6.01. The van der Waals surface area contributed by atoms with Gasteiger partial charge in [0.25, 0.3) is 0 Å². The molecule has 1 saturated carbocycles. The van der Waals surface area contributed by atoms with Gasteiger partial charge >= 0.3 is 20.2 Å². The van der Waals surface area contributed by atoms with E-state index in [1.54, 1.807) is 24.3 Å². The Morgan fingerprint density at radius 3 is 1.32 bits per heavy atom. The first-order chi connectivity index (χ1) is 13.1. The summed E-state index contributed by atoms with van der Waals surface area (Å²) in [5.74, 6) is 0.572. The molecule has 0 aromatic heterocycles. The van der Waals surface area contributed by atoms with Crippen LogP contribution in [-0.2, 0) is 25.7 Å². The number of hydrogen-bond donors (Lipinski definition) is 0. The zero-order valence-electron chi connectivity index (χ0n) is 15.9. The van der Waals surface area contributed by atoms with Gasteiger partial charge in [0.15, 0.2) is 0 Å². The standard InChI is InChI=1S/C20H24O6S2/c1-27(21,22)25-18-10-6-16(7-11-18)20(14-4-3-5-15-20)17-8-12-19(13-9-17)26-28(2,23)24/h6-13H,3-5,14-15H2,1-2H3. The van der Waals surface area contributed by atoms with Crippen LogP contribution >= 0.6 is 0 Å². The van der Waals surface area contributed by atoms with E-state index >= 15 is 0 Å². The fraction of sp³-hybridized carbons (Fsp3) is 0.400. The van der Waals surface area contributed by atoms with Crippen LogP contribution in [0.3, 0.4) is 0 Å². The van der Waals surface area contributed by atoms with Crippen molar-refractivity contribution < 1.29 is 25.2 Å². The van der Waals surface area contributed by atoms with Crippen LogP contribution in [0, 0.1) is 0 Å². The second kappa shape index (κ2) is 7.75. The average molecular weight is 425 g/mol. The van der Waals surface area contributed by atoms with Crippen molar-refractivity contribution in [2.24, 2.45) is 0 Å². The van der Waals surface area contributed by atoms with Crippen LogP contribution < -0.4 is 8.37 Å². The highest BCUT2D eigenvalue weighted by Gasteiger charge is 2.35. The molecule has 1 aliphatic rings. The summed E-state index contributed by atoms with van der Waals surface area (Å²) in [5.41, 5.74) is 1.97. The number of benzene rings is 2. The van der Waals surface area contributed by atoms with Crippen molar-refractivity contribution in [1.82, 2.24) is 0 Å². The summed E-state index contributed by atoms with van der Waals surface area (Å²) >= 11 is 0. The maximum absolute atomic E-state index is 11.3. The molecule has 0 radical (unpaired) electrons. The largest absolute Gasteiger partial charge is 0.383 e. The van der Waals surface area contributed by atoms with E-state index in [2.05, 4.69) is 0 Å². The Kier molecular flexibility index (Phi) is 5.72. The maximum atomic E-state index is 11.3. The first kappa shape index (κ1) is 20.7. The summed E-state index contributed by atoms with van der Waals surface area (Å²) in [6.45, 7) is 0. The molecule has 1 aliphatic carbocycles. The molecular weight excluding hydrogens is 400 g/mol. The Bertz CT molecular complexity index is 938. The van der Waals surface area contributed by atoms with Crippen molar-refractivity contribution in [2.45, 2.75) is 37.5 Å². The third kappa shape index (κ3) is 5.05. The molecule has 0 aliphatic heterocycles. The van der Waals surface area contributed by atoms with Crippen LogP contribution in [0.2, 0.25) is 0 Å². The first-order valence-electron chi connectivity index (χ1n) is 9.07. The van der Waals surface area contributed by atoms with Crippen molar-refractivity contribution in [2.75, 3.05) is 12.5 Å². The fourth-order valence-corrected chi connectivity index (χ4v) is 4.83. The van der Waals surface area contributed by atoms with Crippen molar-refractivity contribution in [1.29, 1.82) is 0 Å². The van der Waals surface area contributed by atoms with E-state index in [-0.39, 0.29) is 16.9 Å². The molecule has 3 rings (SSSR count). The highest BCUT2D eigenvalue weighted by atomic mass is 32.2. The Morgan fingerprint density at radius 1 is 0.643 bits per heavy atom. The Labute approximate surface area is 166 Å². The molecule has 0 saturated heterocycles. The zero-order valence-corrected chi connectivity index (χ0v) is 17.6. The quantitative estimate of drug-likeness (QED) is 0.659. The molecule has 0 atom stereocenters. The van der Waals surface area contributed by atoms with Crippen LogP contribution in [0.25, 0.3) is 0 Å². The lowest BCUT2D eigenvalue weighted by Crippen LogP contribution is -2.30. The van der Waals surface area contributed by atoms with E-state index in [0.29, 0.717) is 0 Å². The number of hydrogen-bond acceptors (Lipinski definition) is 6. The van der Waals surface area contributed by atoms with Gasteiger partial charge in [0.1, 0.15) is 11.5 Å². The van der Waals surface area contributed by atoms with Gasteiger partial charge in [-0.05, 0) is 48.2 Å². The molecule has 0 heterocycles. The van der Waals surface area contributed by atoms with E-state index in [1.807, 2.05) is 24.3 Å². The highest BCUT2D eigenvalue weighted by molar-refractivity contribution is 7.86. The van der Waals surface area contributed by atoms with Crippen molar-refractivity contribution >= 4 is 20.2 Å². The smallest absolute Gasteiger partial charge is 0.306 e. The topological polar surface area (TPSA) is 86.7 Å². The van der Waals surface area contributed by atoms with E-state index in [4.69, 9.17) is 8.37 Å². The van der Waals surface area contributed by atoms with Crippen LogP contribution in [0.15, 0.2) is 48.5 Å². The fourth-order valence-electron chi connectivity index (χ4n) is 3.91. The Balaban J connectivity index is 1.95. The SMILES string of the molecule is CS(=O)(=O)Oc1ccc(C2(c3ccc(OS(C)(=O)=O)cc3)CCCCC2)cc1. The van der Waals surface area contributed by atoms with Gasteiger partial charge in [-0.2, -0.15) is 16.8 Å². The number of rotatable bonds is 6. The summed E-state index contributed by atoms with van der Waals surface area (Å²) < 4.78 is 55.2. The van der Waals surface area contributed by atoms with E-state index in [9.17, 15) is 16.8 Å². The van der Waals surface area contributed by atoms with E-state index < -0.39 is 20.2 Å². The molecule has 28 heavy (non-hydrogen) atoms. The van der Waals surface area contributed by atoms with Gasteiger partial charge in [0, 0.05) is 5.41 Å². The van der Waals surface area contributed by atoms with Gasteiger partial charge in [-0.15, -0.1) is 0 Å². The summed E-state index contributed by atoms with van der Waals surface area (Å²) in [7, 11) is -7.13. The molecule has 0 unspecified atom stereocenters. The maximum Gasteiger partial charge on any atom is 0.306 e. The van der Waals surface area contributed by atoms with Gasteiger partial charge in [0.2, 0.25) is 0 Å². The van der Waals surface area contributed by atoms with E-state index in [0.717, 1.165) is 49.3 Å². The Hall–Kier alpha value is -2.06. The second-order valence-electron chi connectivity index (χ2n) is 7.27. The van der Waals surface area contributed by atoms with Gasteiger partial charge < -0.3 is 8.37 Å². The molecule has 0 bridgehead atoms. The predicted molar refractivity (Wildman–Crippen MR) is 108 cm³/mol. The normalized spacial score (nSPS) is 17.1. The molecule has 8 heteroatoms. The molecule has 0 amide bonds. The van der Waals surface area contributed by atoms with Crippen molar-refractivity contribution in [3.05, 3.63) is 59.7 Å². The second-order valence-corrected chi connectivity index (χ2v) is 10.4. The minimum absolute atomic E-state index is 0.203. The molecule has 2 aromatic rings. The monoisotopic (exact) mass is 424 g/mol. The lowest BCUT2D eigenvalue weighted by Gasteiger charge is -2.38. The van der Waals surface area contributed by atoms with Crippen LogP contribution in [0.5, 0.6) is 11.5 Å². The molecule has 0 spiro atoms. The molecular formula is C20H24O6S2. The van der Waals surface area contributed by atoms with Crippen molar-refractivity contribution in [3.8, 4) is 11.5 Å². The minimum Gasteiger partial charge on any atom is -0.383 e. The van der Waals surface area contributed by atoms with Crippen LogP contribution in [-0.4, -0.2) is 29.3 Å². The summed E-state index contributed by atoms with van der Waals surface area (Å²) in [6, 6.07) is 14.3. The summed E-state index contributed by atoms with van der Waals surface area (Å²) in [6.07, 6.45) is 7.31. The molecule has 6 nitrogen and oxygen atoms in total. The van der Waals surface area contributed by atoms with Gasteiger partial charge in [-0.25, -0.2) is 0 Å². The summed E-state index contributed by atoms with van der Waals surface area (Å²) in [4.78, 5) is 0. The van der Waals surface area contributed by atoms with Gasteiger partial charge in [-0.1, -0.05) is 43.5 Å². The predicted octanol–water partition coefficient (Wildman–Crippen LogP) is 3.61. The van der Waals surface area contributed by atoms with Crippen molar-refractivity contribution in [3.63, 3.8) is 0 Å². The van der Waals surface area contributed by atoms with Gasteiger partial charge in [-0.3, -0.25) is 0 Å². The average Bonchev–Trinajstić information content (AvgIpc) is 2.61. The molecule has 0 N–H and O–H groups in total. The van der Waals surface area contributed by atoms with Gasteiger partial charge in [0.05, 0.1) is 12.5 Å². The van der Waals surface area contributed by atoms with Crippen LogP contribution in [0.1, 0.15) is 43.2 Å². The Morgan fingerprint density at radius 2 is 1.00 bits per heavy atom. The summed E-state index contributed by atoms with van der Waals surface area (Å²) in [5, 5.41) is 0. The molecule has 1 fully saturated rings. The van der Waals surface area contributed by atoms with E-state index in [1.165, 1.54) is 6.42 Å². The minimum atomic E-state index is -3.57.